The van der Waals surface area contributed by atoms with Crippen LogP contribution >= 0.6 is 11.8 Å². The molecule has 1 aromatic heterocycles. The molecular formula is C13H23N5O2S. The van der Waals surface area contributed by atoms with Gasteiger partial charge in [0.2, 0.25) is 11.6 Å². The molecule has 0 aliphatic rings. The molecule has 0 bridgehead atoms. The average molecular weight is 313 g/mol. The minimum absolute atomic E-state index is 0.0514. The molecule has 0 aromatic carbocycles. The fourth-order valence-corrected chi connectivity index (χ4v) is 2.44. The number of nitrogens with zero attached hydrogens (tertiary/aromatic N) is 4. The van der Waals surface area contributed by atoms with E-state index in [9.17, 15) is 10.1 Å². The number of aromatic nitrogens is 2. The number of hydrogen-bond acceptors (Lipinski definition) is 7. The molecule has 7 nitrogen and oxygen atoms in total. The molecule has 0 saturated carbocycles. The fourth-order valence-electron chi connectivity index (χ4n) is 1.86. The molecule has 1 N–H and O–H groups in total. The summed E-state index contributed by atoms with van der Waals surface area (Å²) in [5.74, 6) is 1.66. The van der Waals surface area contributed by atoms with Crippen LogP contribution in [0.25, 0.3) is 0 Å². The van der Waals surface area contributed by atoms with Gasteiger partial charge in [-0.15, -0.1) is 0 Å². The molecule has 1 aromatic rings. The van der Waals surface area contributed by atoms with Gasteiger partial charge in [0, 0.05) is 19.6 Å². The zero-order valence-electron chi connectivity index (χ0n) is 13.0. The lowest BCUT2D eigenvalue weighted by atomic mass is 10.2. The van der Waals surface area contributed by atoms with E-state index in [0.717, 1.165) is 18.6 Å². The van der Waals surface area contributed by atoms with Crippen molar-refractivity contribution in [1.29, 1.82) is 0 Å². The van der Waals surface area contributed by atoms with E-state index in [1.54, 1.807) is 11.8 Å². The van der Waals surface area contributed by atoms with Crippen molar-refractivity contribution in [2.75, 3.05) is 35.8 Å². The number of hydrogen-bond donors (Lipinski definition) is 1. The standard InChI is InChI=1S/C13H23N5O2S/c1-5-7-14-12-11(18(19)20)13(16-9-15-12)17(3)10(2)6-8-21-4/h9-10H,5-8H2,1-4H3,(H,14,15,16). The summed E-state index contributed by atoms with van der Waals surface area (Å²) in [6, 6.07) is 0.171. The first kappa shape index (κ1) is 17.5. The molecule has 118 valence electrons. The zero-order chi connectivity index (χ0) is 15.8. The summed E-state index contributed by atoms with van der Waals surface area (Å²) in [5.41, 5.74) is -0.0514. The quantitative estimate of drug-likeness (QED) is 0.554. The smallest absolute Gasteiger partial charge is 0.353 e. The van der Waals surface area contributed by atoms with E-state index < -0.39 is 4.92 Å². The van der Waals surface area contributed by atoms with Crippen molar-refractivity contribution in [1.82, 2.24) is 9.97 Å². The number of nitro groups is 1. The van der Waals surface area contributed by atoms with Gasteiger partial charge < -0.3 is 10.2 Å². The van der Waals surface area contributed by atoms with Crippen molar-refractivity contribution in [2.45, 2.75) is 32.7 Å². The Morgan fingerprint density at radius 2 is 2.24 bits per heavy atom. The summed E-state index contributed by atoms with van der Waals surface area (Å²) < 4.78 is 0. The molecule has 0 aliphatic heterocycles. The van der Waals surface area contributed by atoms with Crippen LogP contribution in [-0.4, -0.2) is 46.5 Å². The second-order valence-corrected chi connectivity index (χ2v) is 5.81. The van der Waals surface area contributed by atoms with Gasteiger partial charge in [-0.25, -0.2) is 9.97 Å². The van der Waals surface area contributed by atoms with E-state index in [1.165, 1.54) is 6.33 Å². The summed E-state index contributed by atoms with van der Waals surface area (Å²) in [5, 5.41) is 14.4. The molecule has 0 aliphatic carbocycles. The van der Waals surface area contributed by atoms with Gasteiger partial charge in [0.1, 0.15) is 6.33 Å². The maximum Gasteiger partial charge on any atom is 0.353 e. The minimum atomic E-state index is -0.412. The van der Waals surface area contributed by atoms with Gasteiger partial charge in [0.15, 0.2) is 0 Å². The van der Waals surface area contributed by atoms with Gasteiger partial charge in [-0.2, -0.15) is 11.8 Å². The van der Waals surface area contributed by atoms with Crippen LogP contribution in [0.15, 0.2) is 6.33 Å². The van der Waals surface area contributed by atoms with Crippen LogP contribution in [0.2, 0.25) is 0 Å². The topological polar surface area (TPSA) is 84.2 Å². The summed E-state index contributed by atoms with van der Waals surface area (Å²) in [4.78, 5) is 21.0. The van der Waals surface area contributed by atoms with E-state index >= 15 is 0 Å². The Bertz CT molecular complexity index is 472. The molecule has 0 amide bonds. The highest BCUT2D eigenvalue weighted by Gasteiger charge is 2.27. The van der Waals surface area contributed by atoms with Crippen molar-refractivity contribution in [2.24, 2.45) is 0 Å². The van der Waals surface area contributed by atoms with Crippen molar-refractivity contribution in [3.8, 4) is 0 Å². The maximum absolute atomic E-state index is 11.4. The predicted octanol–water partition coefficient (Wildman–Crippen LogP) is 2.78. The Labute approximate surface area is 129 Å². The molecule has 21 heavy (non-hydrogen) atoms. The lowest BCUT2D eigenvalue weighted by molar-refractivity contribution is -0.383. The number of rotatable bonds is 9. The number of anilines is 2. The van der Waals surface area contributed by atoms with Crippen LogP contribution in [-0.2, 0) is 0 Å². The third kappa shape index (κ3) is 4.73. The zero-order valence-corrected chi connectivity index (χ0v) is 13.8. The molecule has 0 saturated heterocycles. The SMILES string of the molecule is CCCNc1ncnc(N(C)C(C)CCSC)c1[N+](=O)[O-]. The third-order valence-electron chi connectivity index (χ3n) is 3.26. The van der Waals surface area contributed by atoms with Gasteiger partial charge in [0.05, 0.1) is 4.92 Å². The highest BCUT2D eigenvalue weighted by Crippen LogP contribution is 2.32. The highest BCUT2D eigenvalue weighted by molar-refractivity contribution is 7.98. The molecule has 1 atom stereocenters. The van der Waals surface area contributed by atoms with Crippen LogP contribution in [0, 0.1) is 10.1 Å². The Morgan fingerprint density at radius 3 is 2.81 bits per heavy atom. The fraction of sp³-hybridized carbons (Fsp3) is 0.692. The lowest BCUT2D eigenvalue weighted by Crippen LogP contribution is -2.31. The molecule has 8 heteroatoms. The van der Waals surface area contributed by atoms with E-state index in [4.69, 9.17) is 0 Å². The van der Waals surface area contributed by atoms with Crippen molar-refractivity contribution >= 4 is 29.1 Å². The van der Waals surface area contributed by atoms with E-state index in [0.29, 0.717) is 12.4 Å². The van der Waals surface area contributed by atoms with E-state index in [1.807, 2.05) is 32.1 Å². The minimum Gasteiger partial charge on any atom is -0.364 e. The Morgan fingerprint density at radius 1 is 1.52 bits per heavy atom. The van der Waals surface area contributed by atoms with Gasteiger partial charge in [-0.3, -0.25) is 10.1 Å². The first-order chi connectivity index (χ1) is 10.0. The molecule has 0 fully saturated rings. The third-order valence-corrected chi connectivity index (χ3v) is 3.91. The van der Waals surface area contributed by atoms with Gasteiger partial charge >= 0.3 is 5.69 Å². The Kier molecular flexibility index (Phi) is 7.21. The predicted molar refractivity (Wildman–Crippen MR) is 88.3 cm³/mol. The summed E-state index contributed by atoms with van der Waals surface area (Å²) in [6.07, 6.45) is 5.23. The summed E-state index contributed by atoms with van der Waals surface area (Å²) in [7, 11) is 1.84. The Balaban J connectivity index is 3.07. The lowest BCUT2D eigenvalue weighted by Gasteiger charge is -2.25. The van der Waals surface area contributed by atoms with Gasteiger partial charge in [-0.1, -0.05) is 6.92 Å². The molecule has 0 spiro atoms. The van der Waals surface area contributed by atoms with Crippen molar-refractivity contribution < 1.29 is 4.92 Å². The van der Waals surface area contributed by atoms with E-state index in [-0.39, 0.29) is 17.5 Å². The van der Waals surface area contributed by atoms with Gasteiger partial charge in [0.25, 0.3) is 0 Å². The van der Waals surface area contributed by atoms with Crippen LogP contribution in [0.1, 0.15) is 26.7 Å². The monoisotopic (exact) mass is 313 g/mol. The summed E-state index contributed by atoms with van der Waals surface area (Å²) >= 11 is 1.76. The number of thioether (sulfide) groups is 1. The average Bonchev–Trinajstić information content (AvgIpc) is 2.48. The maximum atomic E-state index is 11.4. The van der Waals surface area contributed by atoms with E-state index in [2.05, 4.69) is 15.3 Å². The second kappa shape index (κ2) is 8.66. The Hall–Kier alpha value is -1.57. The van der Waals surface area contributed by atoms with Crippen LogP contribution in [0.5, 0.6) is 0 Å². The first-order valence-corrected chi connectivity index (χ1v) is 8.37. The van der Waals surface area contributed by atoms with Crippen LogP contribution in [0.3, 0.4) is 0 Å². The molecule has 1 unspecified atom stereocenters. The van der Waals surface area contributed by atoms with Crippen LogP contribution < -0.4 is 10.2 Å². The molecular weight excluding hydrogens is 290 g/mol. The first-order valence-electron chi connectivity index (χ1n) is 6.97. The molecule has 0 radical (unpaired) electrons. The van der Waals surface area contributed by atoms with Crippen molar-refractivity contribution in [3.63, 3.8) is 0 Å². The van der Waals surface area contributed by atoms with Crippen molar-refractivity contribution in [3.05, 3.63) is 16.4 Å². The number of nitrogens with one attached hydrogen (secondary N) is 1. The highest BCUT2D eigenvalue weighted by atomic mass is 32.2. The second-order valence-electron chi connectivity index (χ2n) is 4.82. The van der Waals surface area contributed by atoms with Gasteiger partial charge in [-0.05, 0) is 31.8 Å². The normalized spacial score (nSPS) is 12.0. The molecule has 1 rings (SSSR count). The summed E-state index contributed by atoms with van der Waals surface area (Å²) in [6.45, 7) is 4.68. The molecule has 1 heterocycles. The van der Waals surface area contributed by atoms with Crippen LogP contribution in [0.4, 0.5) is 17.3 Å². The largest absolute Gasteiger partial charge is 0.364 e.